The van der Waals surface area contributed by atoms with Gasteiger partial charge >= 0.3 is 5.97 Å². The number of carbonyl (C=O) groups is 1. The molecule has 3 rings (SSSR count). The Morgan fingerprint density at radius 3 is 2.88 bits per heavy atom. The lowest BCUT2D eigenvalue weighted by molar-refractivity contribution is -0.174. The summed E-state index contributed by atoms with van der Waals surface area (Å²) in [6, 6.07) is 0. The number of aliphatic hydroxyl groups is 1. The molecule has 0 aromatic rings. The second kappa shape index (κ2) is 6.64. The number of rotatable bonds is 0. The van der Waals surface area contributed by atoms with Crippen LogP contribution in [0.1, 0.15) is 59.3 Å². The zero-order valence-electron chi connectivity index (χ0n) is 15.1. The lowest BCUT2D eigenvalue weighted by Crippen LogP contribution is -2.47. The molecule has 1 N–H and O–H groups in total. The van der Waals surface area contributed by atoms with E-state index in [1.807, 2.05) is 6.92 Å². The number of fused-ring (bicyclic) bond motifs is 1. The van der Waals surface area contributed by atoms with Crippen LogP contribution in [0.4, 0.5) is 0 Å². The minimum atomic E-state index is -0.903. The van der Waals surface area contributed by atoms with E-state index in [9.17, 15) is 9.90 Å². The van der Waals surface area contributed by atoms with Gasteiger partial charge in [-0.15, -0.1) is 0 Å². The van der Waals surface area contributed by atoms with Gasteiger partial charge in [-0.3, -0.25) is 0 Å². The van der Waals surface area contributed by atoms with E-state index in [1.54, 1.807) is 0 Å². The summed E-state index contributed by atoms with van der Waals surface area (Å²) in [6.45, 7) is 10.1. The molecule has 0 aromatic heterocycles. The van der Waals surface area contributed by atoms with Crippen LogP contribution in [0.5, 0.6) is 0 Å². The quantitative estimate of drug-likeness (QED) is 0.418. The fourth-order valence-corrected chi connectivity index (χ4v) is 4.35. The first-order valence-corrected chi connectivity index (χ1v) is 9.23. The molecule has 0 amide bonds. The molecule has 0 aromatic carbocycles. The SMILES string of the molecule is C=C1C(=O)O[C@@H]2[C@@H]3O[C@@H](C[C@@H]13)[C@](C)(O)CC/C=C(\C)CCC[C@@H]2C. The fourth-order valence-electron chi connectivity index (χ4n) is 4.35. The Kier molecular flexibility index (Phi) is 4.89. The number of hydrogen-bond donors (Lipinski definition) is 1. The van der Waals surface area contributed by atoms with E-state index in [0.717, 1.165) is 25.7 Å². The third-order valence-corrected chi connectivity index (χ3v) is 6.09. The maximum Gasteiger partial charge on any atom is 0.334 e. The average molecular weight is 334 g/mol. The van der Waals surface area contributed by atoms with E-state index in [-0.39, 0.29) is 36.1 Å². The van der Waals surface area contributed by atoms with Crippen molar-refractivity contribution in [1.82, 2.24) is 0 Å². The van der Waals surface area contributed by atoms with Gasteiger partial charge in [-0.1, -0.05) is 25.2 Å². The van der Waals surface area contributed by atoms with Gasteiger partial charge in [0.1, 0.15) is 12.2 Å². The summed E-state index contributed by atoms with van der Waals surface area (Å²) in [4.78, 5) is 12.2. The predicted octanol–water partition coefficient (Wildman–Crippen LogP) is 3.54. The molecule has 134 valence electrons. The van der Waals surface area contributed by atoms with Gasteiger partial charge in [-0.25, -0.2) is 4.79 Å². The van der Waals surface area contributed by atoms with Crippen molar-refractivity contribution in [3.63, 3.8) is 0 Å². The lowest BCUT2D eigenvalue weighted by atomic mass is 9.79. The van der Waals surface area contributed by atoms with Crippen LogP contribution in [0.25, 0.3) is 0 Å². The molecule has 0 saturated carbocycles. The minimum absolute atomic E-state index is 0.0320. The summed E-state index contributed by atoms with van der Waals surface area (Å²) in [6.07, 6.45) is 6.86. The Balaban J connectivity index is 1.89. The van der Waals surface area contributed by atoms with E-state index >= 15 is 0 Å². The molecular weight excluding hydrogens is 304 g/mol. The maximum absolute atomic E-state index is 12.2. The molecule has 0 unspecified atom stereocenters. The summed E-state index contributed by atoms with van der Waals surface area (Å²) >= 11 is 0. The number of esters is 1. The van der Waals surface area contributed by atoms with E-state index in [2.05, 4.69) is 26.5 Å². The summed E-state index contributed by atoms with van der Waals surface area (Å²) < 4.78 is 11.9. The zero-order valence-corrected chi connectivity index (χ0v) is 15.1. The van der Waals surface area contributed by atoms with Crippen molar-refractivity contribution in [2.24, 2.45) is 11.8 Å². The largest absolute Gasteiger partial charge is 0.456 e. The predicted molar refractivity (Wildman–Crippen MR) is 92.4 cm³/mol. The second-order valence-electron chi connectivity index (χ2n) is 8.14. The van der Waals surface area contributed by atoms with E-state index in [0.29, 0.717) is 18.4 Å². The number of hydrogen-bond acceptors (Lipinski definition) is 4. The molecule has 2 fully saturated rings. The first-order chi connectivity index (χ1) is 11.3. The van der Waals surface area contributed by atoms with Gasteiger partial charge in [0.2, 0.25) is 0 Å². The first-order valence-electron chi connectivity index (χ1n) is 9.23. The van der Waals surface area contributed by atoms with Crippen molar-refractivity contribution in [3.8, 4) is 0 Å². The van der Waals surface area contributed by atoms with Gasteiger partial charge in [0.05, 0.1) is 11.7 Å². The summed E-state index contributed by atoms with van der Waals surface area (Å²) in [5, 5.41) is 10.9. The Bertz CT molecular complexity index is 548. The third-order valence-electron chi connectivity index (χ3n) is 6.09. The number of ether oxygens (including phenoxy) is 2. The van der Waals surface area contributed by atoms with E-state index < -0.39 is 5.60 Å². The molecular formula is C20H30O4. The molecule has 4 heteroatoms. The highest BCUT2D eigenvalue weighted by Gasteiger charge is 2.53. The van der Waals surface area contributed by atoms with Crippen LogP contribution in [0.3, 0.4) is 0 Å². The van der Waals surface area contributed by atoms with E-state index in [1.165, 1.54) is 5.57 Å². The lowest BCUT2D eigenvalue weighted by Gasteiger charge is -2.37. The topological polar surface area (TPSA) is 55.8 Å². The van der Waals surface area contributed by atoms with Gasteiger partial charge in [0.15, 0.2) is 0 Å². The van der Waals surface area contributed by atoms with Crippen LogP contribution in [0.15, 0.2) is 23.8 Å². The van der Waals surface area contributed by atoms with Crippen LogP contribution in [-0.2, 0) is 14.3 Å². The molecule has 0 aliphatic carbocycles. The van der Waals surface area contributed by atoms with Crippen molar-refractivity contribution < 1.29 is 19.4 Å². The first kappa shape index (κ1) is 17.7. The van der Waals surface area contributed by atoms with Gasteiger partial charge in [-0.05, 0) is 58.3 Å². The molecule has 4 nitrogen and oxygen atoms in total. The number of carbonyl (C=O) groups excluding carboxylic acids is 1. The van der Waals surface area contributed by atoms with E-state index in [4.69, 9.17) is 9.47 Å². The van der Waals surface area contributed by atoms with Crippen LogP contribution >= 0.6 is 0 Å². The van der Waals surface area contributed by atoms with Crippen LogP contribution in [0, 0.1) is 11.8 Å². The standard InChI is InChI=1S/C20H30O4/c1-12-7-5-9-13(2)17-18-15(14(3)19(21)24-17)11-16(23-18)20(4,22)10-6-8-12/h8,13,15-18,22H,3,5-7,9-11H2,1-2,4H3/b12-8+/t13-,15-,16-,17-,18+,20+/m0/s1. The number of allylic oxidation sites excluding steroid dienone is 2. The molecule has 3 aliphatic rings. The monoisotopic (exact) mass is 334 g/mol. The highest BCUT2D eigenvalue weighted by atomic mass is 16.6. The van der Waals surface area contributed by atoms with Crippen molar-refractivity contribution >= 4 is 5.97 Å². The fraction of sp³-hybridized carbons (Fsp3) is 0.750. The molecule has 2 bridgehead atoms. The van der Waals surface area contributed by atoms with Crippen molar-refractivity contribution in [3.05, 3.63) is 23.8 Å². The van der Waals surface area contributed by atoms with Crippen LogP contribution in [0.2, 0.25) is 0 Å². The van der Waals surface area contributed by atoms with Crippen molar-refractivity contribution in [1.29, 1.82) is 0 Å². The Labute approximate surface area is 144 Å². The van der Waals surface area contributed by atoms with Gasteiger partial charge < -0.3 is 14.6 Å². The highest BCUT2D eigenvalue weighted by Crippen LogP contribution is 2.45. The van der Waals surface area contributed by atoms with Crippen molar-refractivity contribution in [2.45, 2.75) is 83.2 Å². The van der Waals surface area contributed by atoms with Gasteiger partial charge in [0, 0.05) is 11.5 Å². The molecule has 0 spiro atoms. The molecule has 24 heavy (non-hydrogen) atoms. The molecule has 2 saturated heterocycles. The highest BCUT2D eigenvalue weighted by molar-refractivity contribution is 5.89. The summed E-state index contributed by atoms with van der Waals surface area (Å²) in [5.41, 5.74) is 0.971. The molecule has 3 heterocycles. The Morgan fingerprint density at radius 1 is 1.38 bits per heavy atom. The summed E-state index contributed by atoms with van der Waals surface area (Å²) in [7, 11) is 0. The van der Waals surface area contributed by atoms with Crippen molar-refractivity contribution in [2.75, 3.05) is 0 Å². The zero-order chi connectivity index (χ0) is 17.5. The van der Waals surface area contributed by atoms with Gasteiger partial charge in [-0.2, -0.15) is 0 Å². The third kappa shape index (κ3) is 3.31. The Morgan fingerprint density at radius 2 is 2.12 bits per heavy atom. The smallest absolute Gasteiger partial charge is 0.334 e. The second-order valence-corrected chi connectivity index (χ2v) is 8.14. The summed E-state index contributed by atoms with van der Waals surface area (Å²) in [5.74, 6) is -0.0811. The molecule has 6 atom stereocenters. The van der Waals surface area contributed by atoms with Crippen LogP contribution < -0.4 is 0 Å². The van der Waals surface area contributed by atoms with Gasteiger partial charge in [0.25, 0.3) is 0 Å². The molecule has 0 radical (unpaired) electrons. The minimum Gasteiger partial charge on any atom is -0.456 e. The Hall–Kier alpha value is -1.13. The maximum atomic E-state index is 12.2. The molecule has 3 aliphatic heterocycles. The average Bonchev–Trinajstić information content (AvgIpc) is 2.96. The normalized spacial score (nSPS) is 46.2. The van der Waals surface area contributed by atoms with Crippen LogP contribution in [-0.4, -0.2) is 35.0 Å².